The van der Waals surface area contributed by atoms with Crippen molar-refractivity contribution in [2.45, 2.75) is 26.9 Å². The molecule has 216 valence electrons. The van der Waals surface area contributed by atoms with Gasteiger partial charge in [-0.15, -0.1) is 11.8 Å². The van der Waals surface area contributed by atoms with Gasteiger partial charge in [0.05, 0.1) is 10.8 Å². The Labute approximate surface area is 278 Å². The van der Waals surface area contributed by atoms with Gasteiger partial charge < -0.3 is 0 Å². The summed E-state index contributed by atoms with van der Waals surface area (Å²) in [6.45, 7) is 0. The molecule has 4 aliphatic carbocycles. The summed E-state index contributed by atoms with van der Waals surface area (Å²) >= 11 is 9.44. The van der Waals surface area contributed by atoms with Crippen LogP contribution in [0, 0.1) is 0 Å². The standard InChI is InChI=1S/C44H27ClS/c45-39-22-11-15-29-30-25-41-31(28-14-3-10-23-40(28)46-41)24-38(30)44(42(29)39)36-20-8-6-18-34(36)43(35-19-7-9-21-37(35)44)32-16-4-1-12-26(32)27-13-2-5-17-33(27)43/h1-25,28,40H. The fraction of sp³-hybridized carbons (Fsp3) is 0.0909. The van der Waals surface area contributed by atoms with Crippen LogP contribution in [-0.2, 0) is 10.8 Å². The average Bonchev–Trinajstić information content (AvgIpc) is 3.72. The van der Waals surface area contributed by atoms with Gasteiger partial charge in [-0.2, -0.15) is 0 Å². The fourth-order valence-electron chi connectivity index (χ4n) is 9.82. The molecule has 0 saturated carbocycles. The van der Waals surface area contributed by atoms with E-state index in [9.17, 15) is 0 Å². The summed E-state index contributed by atoms with van der Waals surface area (Å²) in [5.74, 6) is 0.376. The van der Waals surface area contributed by atoms with Crippen molar-refractivity contribution in [2.24, 2.45) is 0 Å². The molecule has 2 heteroatoms. The normalized spacial score (nSPS) is 20.4. The zero-order valence-corrected chi connectivity index (χ0v) is 26.4. The quantitative estimate of drug-likeness (QED) is 0.162. The lowest BCUT2D eigenvalue weighted by atomic mass is 9.52. The average molecular weight is 623 g/mol. The number of rotatable bonds is 0. The van der Waals surface area contributed by atoms with Crippen LogP contribution in [0.4, 0.5) is 0 Å². The Hall–Kier alpha value is -4.56. The van der Waals surface area contributed by atoms with Gasteiger partial charge in [0.25, 0.3) is 0 Å². The fourth-order valence-corrected chi connectivity index (χ4v) is 11.5. The van der Waals surface area contributed by atoms with E-state index >= 15 is 0 Å². The van der Waals surface area contributed by atoms with Crippen LogP contribution < -0.4 is 0 Å². The van der Waals surface area contributed by atoms with E-state index < -0.39 is 10.8 Å². The largest absolute Gasteiger partial charge is 0.117 e. The molecule has 46 heavy (non-hydrogen) atoms. The van der Waals surface area contributed by atoms with Gasteiger partial charge in [-0.1, -0.05) is 151 Å². The van der Waals surface area contributed by atoms with Crippen LogP contribution in [0.15, 0.2) is 157 Å². The topological polar surface area (TPSA) is 0 Å². The van der Waals surface area contributed by atoms with Crippen LogP contribution in [-0.4, -0.2) is 5.25 Å². The maximum Gasteiger partial charge on any atom is 0.0734 e. The van der Waals surface area contributed by atoms with Crippen LogP contribution in [0.1, 0.15) is 56.0 Å². The van der Waals surface area contributed by atoms with E-state index in [-0.39, 0.29) is 0 Å². The third-order valence-electron chi connectivity index (χ3n) is 11.4. The molecule has 6 aromatic rings. The van der Waals surface area contributed by atoms with Crippen molar-refractivity contribution in [3.8, 4) is 22.3 Å². The van der Waals surface area contributed by atoms with Crippen LogP contribution >= 0.6 is 23.4 Å². The minimum atomic E-state index is -0.556. The first-order valence-corrected chi connectivity index (χ1v) is 17.4. The second-order valence-corrected chi connectivity index (χ2v) is 14.8. The van der Waals surface area contributed by atoms with Gasteiger partial charge in [0.15, 0.2) is 0 Å². The summed E-state index contributed by atoms with van der Waals surface area (Å²) in [6.07, 6.45) is 9.18. The minimum Gasteiger partial charge on any atom is -0.117 e. The van der Waals surface area contributed by atoms with E-state index in [4.69, 9.17) is 11.6 Å². The third-order valence-corrected chi connectivity index (χ3v) is 13.0. The zero-order valence-electron chi connectivity index (χ0n) is 24.9. The number of hydrogen-bond acceptors (Lipinski definition) is 1. The summed E-state index contributed by atoms with van der Waals surface area (Å²) in [5.41, 5.74) is 16.3. The monoisotopic (exact) mass is 622 g/mol. The molecule has 0 radical (unpaired) electrons. The van der Waals surface area contributed by atoms with Crippen molar-refractivity contribution in [2.75, 3.05) is 0 Å². The Bertz CT molecular complexity index is 2300. The van der Waals surface area contributed by atoms with Gasteiger partial charge in [0.1, 0.15) is 0 Å². The number of hydrogen-bond donors (Lipinski definition) is 0. The zero-order chi connectivity index (χ0) is 30.2. The number of fused-ring (bicyclic) bond motifs is 19. The maximum atomic E-state index is 7.44. The second kappa shape index (κ2) is 8.82. The van der Waals surface area contributed by atoms with E-state index in [2.05, 4.69) is 152 Å². The molecule has 0 aromatic heterocycles. The molecule has 2 spiro atoms. The molecule has 0 amide bonds. The highest BCUT2D eigenvalue weighted by molar-refractivity contribution is 8.00. The SMILES string of the molecule is Clc1cccc2c1C1(c3cc4c(cc3-2)SC2C=CC=CC42)c2ccccc2C2(c3ccccc3-c3ccccc32)c2ccccc21. The maximum absolute atomic E-state index is 7.44. The highest BCUT2D eigenvalue weighted by Crippen LogP contribution is 2.69. The van der Waals surface area contributed by atoms with E-state index in [1.165, 1.54) is 77.2 Å². The van der Waals surface area contributed by atoms with E-state index in [0.717, 1.165) is 5.02 Å². The molecule has 5 aliphatic rings. The van der Waals surface area contributed by atoms with Gasteiger partial charge in [0, 0.05) is 21.1 Å². The van der Waals surface area contributed by atoms with Gasteiger partial charge in [-0.25, -0.2) is 0 Å². The summed E-state index contributed by atoms with van der Waals surface area (Å²) in [5, 5.41) is 1.27. The summed E-state index contributed by atoms with van der Waals surface area (Å²) in [7, 11) is 0. The highest BCUT2D eigenvalue weighted by atomic mass is 35.5. The van der Waals surface area contributed by atoms with E-state index in [1.54, 1.807) is 0 Å². The van der Waals surface area contributed by atoms with Gasteiger partial charge in [-0.3, -0.25) is 0 Å². The Morgan fingerprint density at radius 3 is 1.67 bits per heavy atom. The van der Waals surface area contributed by atoms with Crippen LogP contribution in [0.5, 0.6) is 0 Å². The van der Waals surface area contributed by atoms with Crippen molar-refractivity contribution < 1.29 is 0 Å². The lowest BCUT2D eigenvalue weighted by Gasteiger charge is -2.49. The molecule has 0 bridgehead atoms. The molecule has 1 aliphatic heterocycles. The Kier molecular flexibility index (Phi) is 4.91. The van der Waals surface area contributed by atoms with Crippen LogP contribution in [0.3, 0.4) is 0 Å². The van der Waals surface area contributed by atoms with Crippen molar-refractivity contribution in [1.82, 2.24) is 0 Å². The van der Waals surface area contributed by atoms with Crippen LogP contribution in [0.25, 0.3) is 22.3 Å². The number of thioether (sulfide) groups is 1. The summed E-state index contributed by atoms with van der Waals surface area (Å²) in [6, 6.07) is 48.2. The van der Waals surface area contributed by atoms with Crippen molar-refractivity contribution >= 4 is 23.4 Å². The molecule has 11 rings (SSSR count). The Morgan fingerprint density at radius 2 is 1.02 bits per heavy atom. The summed E-state index contributed by atoms with van der Waals surface area (Å²) < 4.78 is 0. The van der Waals surface area contributed by atoms with Gasteiger partial charge >= 0.3 is 0 Å². The molecule has 0 saturated heterocycles. The molecule has 0 nitrogen and oxygen atoms in total. The van der Waals surface area contributed by atoms with Gasteiger partial charge in [-0.05, 0) is 84.5 Å². The second-order valence-electron chi connectivity index (χ2n) is 13.2. The van der Waals surface area contributed by atoms with Crippen LogP contribution in [0.2, 0.25) is 5.02 Å². The Morgan fingerprint density at radius 1 is 0.478 bits per heavy atom. The molecule has 0 fully saturated rings. The third kappa shape index (κ3) is 2.79. The Balaban J connectivity index is 1.33. The predicted molar refractivity (Wildman–Crippen MR) is 190 cm³/mol. The van der Waals surface area contributed by atoms with Crippen molar-refractivity contribution in [3.63, 3.8) is 0 Å². The van der Waals surface area contributed by atoms with E-state index in [0.29, 0.717) is 11.2 Å². The molecule has 6 aromatic carbocycles. The smallest absolute Gasteiger partial charge is 0.0734 e. The lowest BCUT2D eigenvalue weighted by molar-refractivity contribution is 0.632. The number of halogens is 1. The first-order valence-electron chi connectivity index (χ1n) is 16.1. The predicted octanol–water partition coefficient (Wildman–Crippen LogP) is 11.1. The summed E-state index contributed by atoms with van der Waals surface area (Å²) in [4.78, 5) is 1.39. The molecular weight excluding hydrogens is 596 g/mol. The number of allylic oxidation sites excluding steroid dienone is 3. The van der Waals surface area contributed by atoms with Gasteiger partial charge in [0.2, 0.25) is 0 Å². The molecule has 2 atom stereocenters. The lowest BCUT2D eigenvalue weighted by Crippen LogP contribution is -2.43. The number of benzene rings is 6. The molecule has 1 heterocycles. The van der Waals surface area contributed by atoms with Crippen molar-refractivity contribution in [3.05, 3.63) is 207 Å². The van der Waals surface area contributed by atoms with E-state index in [1.807, 2.05) is 11.8 Å². The molecular formula is C44H27ClS. The highest BCUT2D eigenvalue weighted by Gasteiger charge is 2.59. The first-order chi connectivity index (χ1) is 22.7. The minimum absolute atomic E-state index is 0.376. The van der Waals surface area contributed by atoms with Crippen molar-refractivity contribution in [1.29, 1.82) is 0 Å². The first kappa shape index (κ1) is 25.6. The molecule has 2 unspecified atom stereocenters. The molecule has 0 N–H and O–H groups in total.